The van der Waals surface area contributed by atoms with Crippen LogP contribution in [0.15, 0.2) is 0 Å². The first kappa shape index (κ1) is 11.0. The maximum atomic E-state index is 3.83. The second-order valence-electron chi connectivity index (χ2n) is 4.58. The third-order valence-electron chi connectivity index (χ3n) is 1.93. The van der Waals surface area contributed by atoms with Gasteiger partial charge in [-0.2, -0.15) is 0 Å². The highest BCUT2D eigenvalue weighted by Gasteiger charge is 2.08. The molecular formula is C11H23. The lowest BCUT2D eigenvalue weighted by Crippen LogP contribution is -2.03. The van der Waals surface area contributed by atoms with Crippen molar-refractivity contribution in [3.8, 4) is 0 Å². The zero-order valence-corrected chi connectivity index (χ0v) is 8.45. The molecule has 11 heavy (non-hydrogen) atoms. The molecule has 0 heteroatoms. The number of hydrogen-bond acceptors (Lipinski definition) is 0. The Hall–Kier alpha value is 0. The van der Waals surface area contributed by atoms with Crippen LogP contribution in [0.4, 0.5) is 0 Å². The molecule has 0 nitrogen and oxygen atoms in total. The molecule has 0 aromatic carbocycles. The summed E-state index contributed by atoms with van der Waals surface area (Å²) in [7, 11) is 0. The highest BCUT2D eigenvalue weighted by Crippen LogP contribution is 2.22. The van der Waals surface area contributed by atoms with E-state index in [9.17, 15) is 0 Å². The van der Waals surface area contributed by atoms with Crippen LogP contribution in [0.2, 0.25) is 0 Å². The standard InChI is InChI=1S/C11H23/c1-5-6-7-8-9-10-11(2,3)4/h1,5-10H2,2-4H3. The molecule has 0 rings (SSSR count). The van der Waals surface area contributed by atoms with Crippen molar-refractivity contribution in [3.63, 3.8) is 0 Å². The molecule has 0 saturated heterocycles. The molecule has 67 valence electrons. The molecule has 1 radical (unpaired) electrons. The van der Waals surface area contributed by atoms with E-state index in [4.69, 9.17) is 0 Å². The van der Waals surface area contributed by atoms with Gasteiger partial charge in [0.25, 0.3) is 0 Å². The number of hydrogen-bond donors (Lipinski definition) is 0. The van der Waals surface area contributed by atoms with E-state index in [-0.39, 0.29) is 0 Å². The van der Waals surface area contributed by atoms with E-state index in [0.717, 1.165) is 6.42 Å². The minimum atomic E-state index is 0.532. The van der Waals surface area contributed by atoms with Crippen molar-refractivity contribution in [2.24, 2.45) is 5.41 Å². The molecule has 0 aliphatic carbocycles. The monoisotopic (exact) mass is 155 g/mol. The summed E-state index contributed by atoms with van der Waals surface area (Å²) in [6, 6.07) is 0. The van der Waals surface area contributed by atoms with Crippen molar-refractivity contribution >= 4 is 0 Å². The van der Waals surface area contributed by atoms with Crippen LogP contribution in [0.25, 0.3) is 0 Å². The van der Waals surface area contributed by atoms with E-state index in [1.54, 1.807) is 0 Å². The molecule has 0 bridgehead atoms. The Morgan fingerprint density at radius 3 is 1.91 bits per heavy atom. The van der Waals surface area contributed by atoms with Crippen LogP contribution < -0.4 is 0 Å². The lowest BCUT2D eigenvalue weighted by molar-refractivity contribution is 0.357. The SMILES string of the molecule is [CH2]CCCCCCC(C)(C)C. The Morgan fingerprint density at radius 2 is 1.45 bits per heavy atom. The van der Waals surface area contributed by atoms with Crippen LogP contribution in [-0.4, -0.2) is 0 Å². The largest absolute Gasteiger partial charge is 0.0602 e. The Bertz CT molecular complexity index is 76.5. The highest BCUT2D eigenvalue weighted by molar-refractivity contribution is 4.60. The van der Waals surface area contributed by atoms with E-state index in [1.807, 2.05) is 0 Å². The third-order valence-corrected chi connectivity index (χ3v) is 1.93. The van der Waals surface area contributed by atoms with Crippen molar-refractivity contribution in [3.05, 3.63) is 6.92 Å². The van der Waals surface area contributed by atoms with Crippen molar-refractivity contribution in [1.82, 2.24) is 0 Å². The summed E-state index contributed by atoms with van der Waals surface area (Å²) in [4.78, 5) is 0. The van der Waals surface area contributed by atoms with Gasteiger partial charge in [-0.3, -0.25) is 0 Å². The normalized spacial score (nSPS) is 12.0. The molecule has 0 unspecified atom stereocenters. The second-order valence-corrected chi connectivity index (χ2v) is 4.58. The first-order valence-corrected chi connectivity index (χ1v) is 4.85. The Morgan fingerprint density at radius 1 is 0.909 bits per heavy atom. The van der Waals surface area contributed by atoms with E-state index in [2.05, 4.69) is 27.7 Å². The van der Waals surface area contributed by atoms with Gasteiger partial charge in [0.1, 0.15) is 0 Å². The molecule has 0 fully saturated rings. The molecule has 0 saturated carbocycles. The predicted molar refractivity (Wildman–Crippen MR) is 52.5 cm³/mol. The molecule has 0 spiro atoms. The van der Waals surface area contributed by atoms with Crippen LogP contribution in [0.3, 0.4) is 0 Å². The lowest BCUT2D eigenvalue weighted by atomic mass is 9.89. The van der Waals surface area contributed by atoms with Crippen LogP contribution >= 0.6 is 0 Å². The average Bonchev–Trinajstić information content (AvgIpc) is 1.85. The van der Waals surface area contributed by atoms with Gasteiger partial charge in [0.05, 0.1) is 0 Å². The van der Waals surface area contributed by atoms with Crippen LogP contribution in [0, 0.1) is 12.3 Å². The predicted octanol–water partition coefficient (Wildman–Crippen LogP) is 4.21. The Labute approximate surface area is 72.4 Å². The smallest absolute Gasteiger partial charge is 0.0383 e. The zero-order valence-electron chi connectivity index (χ0n) is 8.45. The summed E-state index contributed by atoms with van der Waals surface area (Å²) in [5.74, 6) is 0. The summed E-state index contributed by atoms with van der Waals surface area (Å²) < 4.78 is 0. The fraction of sp³-hybridized carbons (Fsp3) is 0.909. The van der Waals surface area contributed by atoms with Crippen LogP contribution in [0.5, 0.6) is 0 Å². The van der Waals surface area contributed by atoms with Gasteiger partial charge < -0.3 is 0 Å². The average molecular weight is 155 g/mol. The molecule has 0 amide bonds. The molecule has 0 aromatic rings. The Balaban J connectivity index is 3.02. The van der Waals surface area contributed by atoms with Crippen molar-refractivity contribution in [2.75, 3.05) is 0 Å². The summed E-state index contributed by atoms with van der Waals surface area (Å²) >= 11 is 0. The summed E-state index contributed by atoms with van der Waals surface area (Å²) in [5.41, 5.74) is 0.532. The third kappa shape index (κ3) is 10.0. The van der Waals surface area contributed by atoms with Gasteiger partial charge in [-0.1, -0.05) is 59.8 Å². The van der Waals surface area contributed by atoms with Crippen molar-refractivity contribution in [1.29, 1.82) is 0 Å². The molecule has 0 heterocycles. The molecular weight excluding hydrogens is 132 g/mol. The topological polar surface area (TPSA) is 0 Å². The van der Waals surface area contributed by atoms with Gasteiger partial charge >= 0.3 is 0 Å². The number of unbranched alkanes of at least 4 members (excludes halogenated alkanes) is 4. The van der Waals surface area contributed by atoms with Gasteiger partial charge in [0.2, 0.25) is 0 Å². The fourth-order valence-corrected chi connectivity index (χ4v) is 1.19. The van der Waals surface area contributed by atoms with Gasteiger partial charge in [0.15, 0.2) is 0 Å². The van der Waals surface area contributed by atoms with Gasteiger partial charge in [-0.15, -0.1) is 0 Å². The first-order chi connectivity index (χ1) is 5.06. The highest BCUT2D eigenvalue weighted by atomic mass is 14.1. The van der Waals surface area contributed by atoms with Crippen molar-refractivity contribution in [2.45, 2.75) is 59.3 Å². The molecule has 0 aliphatic heterocycles. The van der Waals surface area contributed by atoms with Gasteiger partial charge in [0, 0.05) is 0 Å². The summed E-state index contributed by atoms with van der Waals surface area (Å²) in [5, 5.41) is 0. The zero-order chi connectivity index (χ0) is 8.74. The fourth-order valence-electron chi connectivity index (χ4n) is 1.19. The van der Waals surface area contributed by atoms with E-state index in [1.165, 1.54) is 32.1 Å². The van der Waals surface area contributed by atoms with Crippen LogP contribution in [0.1, 0.15) is 59.3 Å². The molecule has 0 aliphatic rings. The Kier molecular flexibility index (Phi) is 5.62. The number of rotatable bonds is 5. The van der Waals surface area contributed by atoms with E-state index < -0.39 is 0 Å². The van der Waals surface area contributed by atoms with Gasteiger partial charge in [-0.05, 0) is 11.8 Å². The minimum absolute atomic E-state index is 0.532. The van der Waals surface area contributed by atoms with Crippen molar-refractivity contribution < 1.29 is 0 Å². The quantitative estimate of drug-likeness (QED) is 0.522. The molecule has 0 aromatic heterocycles. The van der Waals surface area contributed by atoms with E-state index in [0.29, 0.717) is 5.41 Å². The first-order valence-electron chi connectivity index (χ1n) is 4.85. The minimum Gasteiger partial charge on any atom is -0.0602 e. The molecule has 0 atom stereocenters. The maximum Gasteiger partial charge on any atom is -0.0383 e. The van der Waals surface area contributed by atoms with E-state index >= 15 is 0 Å². The summed E-state index contributed by atoms with van der Waals surface area (Å²) in [6.07, 6.45) is 7.94. The summed E-state index contributed by atoms with van der Waals surface area (Å²) in [6.45, 7) is 10.8. The second kappa shape index (κ2) is 5.62. The molecule has 0 N–H and O–H groups in total. The van der Waals surface area contributed by atoms with Gasteiger partial charge in [-0.25, -0.2) is 0 Å². The lowest BCUT2D eigenvalue weighted by Gasteiger charge is -2.17. The maximum absolute atomic E-state index is 3.83. The van der Waals surface area contributed by atoms with Crippen LogP contribution in [-0.2, 0) is 0 Å².